The molecular formula is C31H25F3N4O3. The molecule has 0 aliphatic carbocycles. The predicted molar refractivity (Wildman–Crippen MR) is 146 cm³/mol. The number of fused-ring (bicyclic) bond motifs is 1. The molecule has 41 heavy (non-hydrogen) atoms. The van der Waals surface area contributed by atoms with Crippen molar-refractivity contribution in [3.05, 3.63) is 118 Å². The predicted octanol–water partition coefficient (Wildman–Crippen LogP) is 5.10. The third-order valence-corrected chi connectivity index (χ3v) is 6.96. The minimum atomic E-state index is -0.958. The summed E-state index contributed by atoms with van der Waals surface area (Å²) < 4.78 is 42.3. The topological polar surface area (TPSA) is 114 Å². The zero-order valence-electron chi connectivity index (χ0n) is 21.9. The van der Waals surface area contributed by atoms with Gasteiger partial charge < -0.3 is 16.4 Å². The Morgan fingerprint density at radius 1 is 1.02 bits per heavy atom. The van der Waals surface area contributed by atoms with Crippen molar-refractivity contribution in [2.45, 2.75) is 31.7 Å². The van der Waals surface area contributed by atoms with Crippen LogP contribution in [0.15, 0.2) is 72.9 Å². The van der Waals surface area contributed by atoms with Crippen LogP contribution in [0.3, 0.4) is 0 Å². The minimum absolute atomic E-state index is 0.0547. The molecule has 1 aliphatic rings. The molecule has 5 rings (SSSR count). The summed E-state index contributed by atoms with van der Waals surface area (Å²) in [5, 5.41) is 5.66. The maximum absolute atomic E-state index is 14.2. The Bertz CT molecular complexity index is 1670. The fourth-order valence-corrected chi connectivity index (χ4v) is 5.09. The van der Waals surface area contributed by atoms with Crippen LogP contribution in [-0.2, 0) is 16.0 Å². The zero-order chi connectivity index (χ0) is 29.3. The number of anilines is 1. The number of nitrogens with two attached hydrogens (primary N) is 1. The second kappa shape index (κ2) is 11.2. The summed E-state index contributed by atoms with van der Waals surface area (Å²) in [6.07, 6.45) is 1.24. The molecular weight excluding hydrogens is 533 g/mol. The summed E-state index contributed by atoms with van der Waals surface area (Å²) in [7, 11) is 0. The van der Waals surface area contributed by atoms with E-state index in [2.05, 4.69) is 15.6 Å². The number of benzene rings is 3. The van der Waals surface area contributed by atoms with Gasteiger partial charge in [0.2, 0.25) is 11.8 Å². The number of carbonyl (C=O) groups is 3. The molecule has 208 valence electrons. The average molecular weight is 559 g/mol. The number of pyridine rings is 1. The largest absolute Gasteiger partial charge is 0.366 e. The van der Waals surface area contributed by atoms with Crippen LogP contribution < -0.4 is 16.4 Å². The maximum Gasteiger partial charge on any atom is 0.251 e. The lowest BCUT2D eigenvalue weighted by atomic mass is 9.93. The molecule has 0 radical (unpaired) electrons. The molecule has 2 unspecified atom stereocenters. The molecule has 3 amide bonds. The molecule has 0 fully saturated rings. The van der Waals surface area contributed by atoms with E-state index in [0.29, 0.717) is 28.1 Å². The van der Waals surface area contributed by atoms with E-state index >= 15 is 0 Å². The Kier molecular flexibility index (Phi) is 7.56. The number of rotatable bonds is 8. The van der Waals surface area contributed by atoms with Gasteiger partial charge in [0, 0.05) is 29.9 Å². The summed E-state index contributed by atoms with van der Waals surface area (Å²) in [5.74, 6) is -4.85. The molecule has 3 aromatic carbocycles. The Morgan fingerprint density at radius 3 is 2.51 bits per heavy atom. The Morgan fingerprint density at radius 2 is 1.78 bits per heavy atom. The second-order valence-electron chi connectivity index (χ2n) is 9.93. The monoisotopic (exact) mass is 558 g/mol. The Balaban J connectivity index is 1.51. The number of primary amides is 1. The maximum atomic E-state index is 14.2. The number of carbonyl (C=O) groups excluding carboxylic acids is 3. The van der Waals surface area contributed by atoms with Crippen LogP contribution >= 0.6 is 0 Å². The van der Waals surface area contributed by atoms with Crippen LogP contribution in [0.2, 0.25) is 0 Å². The summed E-state index contributed by atoms with van der Waals surface area (Å²) in [6, 6.07) is 14.7. The quantitative estimate of drug-likeness (QED) is 0.279. The van der Waals surface area contributed by atoms with Crippen LogP contribution in [0.4, 0.5) is 18.9 Å². The molecule has 10 heteroatoms. The van der Waals surface area contributed by atoms with Gasteiger partial charge in [-0.05, 0) is 66.4 Å². The van der Waals surface area contributed by atoms with Gasteiger partial charge in [0.1, 0.15) is 17.5 Å². The fraction of sp³-hybridized carbons (Fsp3) is 0.161. The van der Waals surface area contributed by atoms with Crippen molar-refractivity contribution >= 4 is 23.4 Å². The Labute approximate surface area is 233 Å². The van der Waals surface area contributed by atoms with E-state index in [0.717, 1.165) is 29.8 Å². The molecule has 2 atom stereocenters. The number of amides is 3. The van der Waals surface area contributed by atoms with Crippen LogP contribution in [0.1, 0.15) is 51.1 Å². The molecule has 0 spiro atoms. The van der Waals surface area contributed by atoms with Crippen molar-refractivity contribution in [3.63, 3.8) is 0 Å². The van der Waals surface area contributed by atoms with Crippen LogP contribution in [0, 0.1) is 24.4 Å². The van der Waals surface area contributed by atoms with Gasteiger partial charge in [-0.15, -0.1) is 0 Å². The van der Waals surface area contributed by atoms with Crippen LogP contribution in [0.5, 0.6) is 0 Å². The Hall–Kier alpha value is -4.99. The zero-order valence-corrected chi connectivity index (χ0v) is 21.9. The smallest absolute Gasteiger partial charge is 0.251 e. The van der Waals surface area contributed by atoms with Crippen LogP contribution in [0.25, 0.3) is 11.1 Å². The van der Waals surface area contributed by atoms with Gasteiger partial charge in [-0.1, -0.05) is 29.8 Å². The molecule has 0 bridgehead atoms. The van der Waals surface area contributed by atoms with E-state index in [-0.39, 0.29) is 29.9 Å². The molecule has 1 aromatic heterocycles. The average Bonchev–Trinajstić information content (AvgIpc) is 3.21. The first-order valence-electron chi connectivity index (χ1n) is 12.8. The highest BCUT2D eigenvalue weighted by atomic mass is 19.1. The first kappa shape index (κ1) is 27.6. The first-order chi connectivity index (χ1) is 19.6. The lowest BCUT2D eigenvalue weighted by Gasteiger charge is -2.22. The first-order valence-corrected chi connectivity index (χ1v) is 12.8. The highest BCUT2D eigenvalue weighted by molar-refractivity contribution is 6.05. The number of halogens is 3. The molecule has 7 nitrogen and oxygen atoms in total. The van der Waals surface area contributed by atoms with E-state index in [1.165, 1.54) is 18.3 Å². The summed E-state index contributed by atoms with van der Waals surface area (Å²) in [5.41, 5.74) is 8.68. The molecule has 4 aromatic rings. The van der Waals surface area contributed by atoms with Crippen molar-refractivity contribution in [2.75, 3.05) is 5.32 Å². The van der Waals surface area contributed by atoms with Gasteiger partial charge in [-0.3, -0.25) is 19.4 Å². The van der Waals surface area contributed by atoms with Gasteiger partial charge in [-0.25, -0.2) is 13.2 Å². The van der Waals surface area contributed by atoms with Crippen LogP contribution in [-0.4, -0.2) is 22.7 Å². The molecule has 1 aliphatic heterocycles. The number of hydrogen-bond acceptors (Lipinski definition) is 4. The van der Waals surface area contributed by atoms with Gasteiger partial charge in [0.25, 0.3) is 5.91 Å². The fourth-order valence-electron chi connectivity index (χ4n) is 5.09. The van der Waals surface area contributed by atoms with Crippen molar-refractivity contribution in [1.29, 1.82) is 0 Å². The normalized spacial score (nSPS) is 14.7. The second-order valence-corrected chi connectivity index (χ2v) is 9.93. The van der Waals surface area contributed by atoms with Gasteiger partial charge in [0.05, 0.1) is 23.2 Å². The molecule has 4 N–H and O–H groups in total. The van der Waals surface area contributed by atoms with Crippen molar-refractivity contribution in [2.24, 2.45) is 5.73 Å². The third-order valence-electron chi connectivity index (χ3n) is 6.96. The minimum Gasteiger partial charge on any atom is -0.366 e. The number of nitrogens with zero attached hydrogens (tertiary/aromatic N) is 1. The standard InChI is InChI=1S/C31H25F3N4O3/c1-16-4-7-26-22(9-16)23(31(41)38-26)15-28(39)37-27(12-17-10-19(32)14-20(33)11-17)29-21(3-2-8-36-29)18-5-6-25(34)24(13-18)30(35)40/h2-11,13-14,23,27H,12,15H2,1H3,(H2,35,40)(H,37,39)(H,38,41). The lowest BCUT2D eigenvalue weighted by Crippen LogP contribution is -2.33. The highest BCUT2D eigenvalue weighted by Gasteiger charge is 2.33. The molecule has 2 heterocycles. The number of nitrogens with one attached hydrogen (secondary N) is 2. The van der Waals surface area contributed by atoms with E-state index in [9.17, 15) is 27.6 Å². The number of aryl methyl sites for hydroxylation is 1. The van der Waals surface area contributed by atoms with E-state index in [1.54, 1.807) is 18.2 Å². The molecule has 0 saturated heterocycles. The third kappa shape index (κ3) is 5.96. The van der Waals surface area contributed by atoms with Gasteiger partial charge >= 0.3 is 0 Å². The summed E-state index contributed by atoms with van der Waals surface area (Å²) in [6.45, 7) is 1.88. The highest BCUT2D eigenvalue weighted by Crippen LogP contribution is 2.36. The number of hydrogen-bond donors (Lipinski definition) is 3. The van der Waals surface area contributed by atoms with Crippen molar-refractivity contribution < 1.29 is 27.6 Å². The summed E-state index contributed by atoms with van der Waals surface area (Å²) in [4.78, 5) is 42.3. The van der Waals surface area contributed by atoms with E-state index in [4.69, 9.17) is 5.73 Å². The lowest BCUT2D eigenvalue weighted by molar-refractivity contribution is -0.125. The van der Waals surface area contributed by atoms with Crippen molar-refractivity contribution in [3.8, 4) is 11.1 Å². The van der Waals surface area contributed by atoms with Crippen molar-refractivity contribution in [1.82, 2.24) is 10.3 Å². The summed E-state index contributed by atoms with van der Waals surface area (Å²) >= 11 is 0. The van der Waals surface area contributed by atoms with Gasteiger partial charge in [-0.2, -0.15) is 0 Å². The van der Waals surface area contributed by atoms with E-state index in [1.807, 2.05) is 19.1 Å². The molecule has 0 saturated carbocycles. The SMILES string of the molecule is Cc1ccc2c(c1)C(CC(=O)NC(Cc1cc(F)cc(F)c1)c1ncccc1-c1ccc(F)c(C(N)=O)c1)C(=O)N2. The number of aromatic nitrogens is 1. The van der Waals surface area contributed by atoms with Gasteiger partial charge in [0.15, 0.2) is 0 Å². The van der Waals surface area contributed by atoms with E-state index < -0.39 is 41.2 Å².